The van der Waals surface area contributed by atoms with Gasteiger partial charge in [0.15, 0.2) is 17.3 Å². The Kier molecular flexibility index (Phi) is 6.13. The Morgan fingerprint density at radius 1 is 1.00 bits per heavy atom. The van der Waals surface area contributed by atoms with E-state index in [2.05, 4.69) is 39.2 Å². The number of hydrogen-bond acceptors (Lipinski definition) is 7. The first-order valence-electron chi connectivity index (χ1n) is 11.5. The summed E-state index contributed by atoms with van der Waals surface area (Å²) < 4.78 is 27.1. The van der Waals surface area contributed by atoms with E-state index in [1.165, 1.54) is 6.07 Å². The Hall–Kier alpha value is -3.20. The molecule has 0 radical (unpaired) electrons. The van der Waals surface area contributed by atoms with E-state index >= 15 is 0 Å². The number of hydrogen-bond donors (Lipinski definition) is 0. The second-order valence-corrected chi connectivity index (χ2v) is 9.00. The predicted molar refractivity (Wildman–Crippen MR) is 122 cm³/mol. The number of anilines is 1. The molecule has 3 heterocycles. The molecule has 5 rings (SSSR count). The van der Waals surface area contributed by atoms with Crippen LogP contribution >= 0.6 is 0 Å². The number of rotatable bonds is 7. The van der Waals surface area contributed by atoms with Gasteiger partial charge in [0.25, 0.3) is 0 Å². The van der Waals surface area contributed by atoms with Crippen molar-refractivity contribution in [2.24, 2.45) is 5.92 Å². The summed E-state index contributed by atoms with van der Waals surface area (Å²) in [5.41, 5.74) is 1.73. The molecule has 0 aliphatic carbocycles. The van der Waals surface area contributed by atoms with Crippen molar-refractivity contribution in [2.75, 3.05) is 37.9 Å². The smallest absolute Gasteiger partial charge is 0.231 e. The third-order valence-corrected chi connectivity index (χ3v) is 6.27. The van der Waals surface area contributed by atoms with E-state index in [4.69, 9.17) is 9.47 Å². The Morgan fingerprint density at radius 2 is 1.79 bits per heavy atom. The molecular formula is C24H29FN6O2. The number of ether oxygens (including phenoxy) is 2. The molecule has 2 aliphatic heterocycles. The summed E-state index contributed by atoms with van der Waals surface area (Å²) in [7, 11) is 0. The summed E-state index contributed by atoms with van der Waals surface area (Å²) in [5.74, 6) is 2.69. The lowest BCUT2D eigenvalue weighted by Crippen LogP contribution is -2.48. The van der Waals surface area contributed by atoms with Gasteiger partial charge >= 0.3 is 0 Å². The summed E-state index contributed by atoms with van der Waals surface area (Å²) in [5, 5.41) is 12.7. The molecule has 174 valence electrons. The monoisotopic (exact) mass is 452 g/mol. The van der Waals surface area contributed by atoms with E-state index < -0.39 is 0 Å². The number of benzene rings is 2. The van der Waals surface area contributed by atoms with Crippen molar-refractivity contribution in [2.45, 2.75) is 32.9 Å². The van der Waals surface area contributed by atoms with Crippen LogP contribution < -0.4 is 14.4 Å². The predicted octanol–water partition coefficient (Wildman–Crippen LogP) is 3.50. The second kappa shape index (κ2) is 9.35. The van der Waals surface area contributed by atoms with E-state index in [-0.39, 0.29) is 18.7 Å². The number of nitrogens with zero attached hydrogens (tertiary/aromatic N) is 6. The van der Waals surface area contributed by atoms with Crippen LogP contribution in [0.25, 0.3) is 0 Å². The topological polar surface area (TPSA) is 68.5 Å². The maximum atomic E-state index is 14.3. The minimum Gasteiger partial charge on any atom is -0.454 e. The van der Waals surface area contributed by atoms with Crippen molar-refractivity contribution in [1.29, 1.82) is 0 Å². The summed E-state index contributed by atoms with van der Waals surface area (Å²) in [6.07, 6.45) is 0.946. The molecular weight excluding hydrogens is 423 g/mol. The van der Waals surface area contributed by atoms with Crippen LogP contribution in [0.4, 0.5) is 10.1 Å². The fourth-order valence-electron chi connectivity index (χ4n) is 4.62. The van der Waals surface area contributed by atoms with Crippen LogP contribution in [0, 0.1) is 11.7 Å². The van der Waals surface area contributed by atoms with E-state index in [0.717, 1.165) is 55.5 Å². The molecule has 0 bridgehead atoms. The van der Waals surface area contributed by atoms with Gasteiger partial charge in [-0.1, -0.05) is 32.0 Å². The van der Waals surface area contributed by atoms with Gasteiger partial charge in [-0.25, -0.2) is 9.07 Å². The summed E-state index contributed by atoms with van der Waals surface area (Å²) >= 11 is 0. The molecule has 1 saturated heterocycles. The van der Waals surface area contributed by atoms with Crippen molar-refractivity contribution >= 4 is 5.69 Å². The Balaban J connectivity index is 1.33. The molecule has 8 nitrogen and oxygen atoms in total. The number of para-hydroxylation sites is 1. The van der Waals surface area contributed by atoms with Crippen LogP contribution in [0.5, 0.6) is 11.5 Å². The maximum Gasteiger partial charge on any atom is 0.231 e. The van der Waals surface area contributed by atoms with Gasteiger partial charge in [0.1, 0.15) is 5.82 Å². The molecule has 0 amide bonds. The number of aromatic nitrogens is 4. The number of piperazine rings is 1. The van der Waals surface area contributed by atoms with E-state index in [1.807, 2.05) is 35.0 Å². The van der Waals surface area contributed by atoms with E-state index in [1.54, 1.807) is 6.07 Å². The van der Waals surface area contributed by atoms with Gasteiger partial charge < -0.3 is 14.4 Å². The van der Waals surface area contributed by atoms with Gasteiger partial charge in [-0.3, -0.25) is 4.90 Å². The average molecular weight is 453 g/mol. The highest BCUT2D eigenvalue weighted by atomic mass is 19.1. The summed E-state index contributed by atoms with van der Waals surface area (Å²) in [4.78, 5) is 4.55. The normalized spacial score (nSPS) is 17.0. The molecule has 0 N–H and O–H groups in total. The fraction of sp³-hybridized carbons (Fsp3) is 0.458. The van der Waals surface area contributed by atoms with Crippen molar-refractivity contribution in [3.05, 3.63) is 59.7 Å². The zero-order chi connectivity index (χ0) is 22.8. The third kappa shape index (κ3) is 4.64. The SMILES string of the molecule is CC(C)C[C@@H](c1nnnn1Cc1ccc2c(c1)OCO2)N1CCN(c2ccccc2F)CC1. The van der Waals surface area contributed by atoms with Gasteiger partial charge in [0.05, 0.1) is 18.3 Å². The van der Waals surface area contributed by atoms with E-state index in [9.17, 15) is 4.39 Å². The molecule has 2 aromatic carbocycles. The highest BCUT2D eigenvalue weighted by Crippen LogP contribution is 2.33. The quantitative estimate of drug-likeness (QED) is 0.544. The van der Waals surface area contributed by atoms with Crippen LogP contribution in [0.1, 0.15) is 37.7 Å². The van der Waals surface area contributed by atoms with Gasteiger partial charge in [-0.15, -0.1) is 5.10 Å². The molecule has 0 unspecified atom stereocenters. The van der Waals surface area contributed by atoms with Crippen molar-refractivity contribution in [1.82, 2.24) is 25.1 Å². The number of fused-ring (bicyclic) bond motifs is 1. The zero-order valence-electron chi connectivity index (χ0n) is 19.0. The van der Waals surface area contributed by atoms with Gasteiger partial charge in [0.2, 0.25) is 6.79 Å². The zero-order valence-corrected chi connectivity index (χ0v) is 19.0. The van der Waals surface area contributed by atoms with E-state index in [0.29, 0.717) is 18.2 Å². The molecule has 0 saturated carbocycles. The van der Waals surface area contributed by atoms with Crippen LogP contribution in [0.3, 0.4) is 0 Å². The first kappa shape index (κ1) is 21.6. The van der Waals surface area contributed by atoms with Crippen LogP contribution in [0.2, 0.25) is 0 Å². The average Bonchev–Trinajstić information content (AvgIpc) is 3.47. The molecule has 1 atom stereocenters. The Bertz CT molecular complexity index is 1100. The van der Waals surface area contributed by atoms with Gasteiger partial charge in [0, 0.05) is 26.2 Å². The van der Waals surface area contributed by atoms with Gasteiger partial charge in [-0.2, -0.15) is 0 Å². The molecule has 9 heteroatoms. The molecule has 2 aliphatic rings. The molecule has 3 aromatic rings. The fourth-order valence-corrected chi connectivity index (χ4v) is 4.62. The lowest BCUT2D eigenvalue weighted by atomic mass is 10.0. The first-order chi connectivity index (χ1) is 16.1. The largest absolute Gasteiger partial charge is 0.454 e. The number of tetrazole rings is 1. The maximum absolute atomic E-state index is 14.3. The highest BCUT2D eigenvalue weighted by molar-refractivity contribution is 5.48. The molecule has 1 aromatic heterocycles. The molecule has 0 spiro atoms. The summed E-state index contributed by atoms with van der Waals surface area (Å²) in [6.45, 7) is 8.42. The lowest BCUT2D eigenvalue weighted by molar-refractivity contribution is 0.153. The highest BCUT2D eigenvalue weighted by Gasteiger charge is 2.30. The molecule has 1 fully saturated rings. The Labute approximate surface area is 192 Å². The summed E-state index contributed by atoms with van der Waals surface area (Å²) in [6, 6.07) is 13.0. The standard InChI is InChI=1S/C24H29FN6O2/c1-17(2)13-21(30-11-9-29(10-12-30)20-6-4-3-5-19(20)25)24-26-27-28-31(24)15-18-7-8-22-23(14-18)33-16-32-22/h3-8,14,17,21H,9-13,15-16H2,1-2H3/t21-/m0/s1. The first-order valence-corrected chi connectivity index (χ1v) is 11.5. The van der Waals surface area contributed by atoms with Gasteiger partial charge in [-0.05, 0) is 52.6 Å². The minimum atomic E-state index is -0.169. The Morgan fingerprint density at radius 3 is 2.58 bits per heavy atom. The van der Waals surface area contributed by atoms with Crippen molar-refractivity contribution in [3.8, 4) is 11.5 Å². The van der Waals surface area contributed by atoms with Crippen molar-refractivity contribution in [3.63, 3.8) is 0 Å². The van der Waals surface area contributed by atoms with Crippen LogP contribution in [-0.4, -0.2) is 58.1 Å². The van der Waals surface area contributed by atoms with Crippen molar-refractivity contribution < 1.29 is 13.9 Å². The molecule has 33 heavy (non-hydrogen) atoms. The third-order valence-electron chi connectivity index (χ3n) is 6.27. The minimum absolute atomic E-state index is 0.0942. The lowest BCUT2D eigenvalue weighted by Gasteiger charge is -2.40. The second-order valence-electron chi connectivity index (χ2n) is 9.00. The number of halogens is 1. The van der Waals surface area contributed by atoms with Crippen LogP contribution in [-0.2, 0) is 6.54 Å². The van der Waals surface area contributed by atoms with Crippen LogP contribution in [0.15, 0.2) is 42.5 Å².